The topological polar surface area (TPSA) is 43.1 Å². The molecule has 0 aromatic carbocycles. The maximum absolute atomic E-state index is 13.1. The van der Waals surface area contributed by atoms with Crippen LogP contribution in [-0.2, 0) is 0 Å². The minimum absolute atomic E-state index is 0.408. The molecule has 12 heavy (non-hydrogen) atoms. The quantitative estimate of drug-likeness (QED) is 0.450. The monoisotopic (exact) mass is 175 g/mol. The normalized spacial score (nSPS) is 34.6. The molecule has 0 bridgehead atoms. The Balaban J connectivity index is 2.97. The summed E-state index contributed by atoms with van der Waals surface area (Å²) in [7, 11) is 0. The molecule has 0 saturated carbocycles. The summed E-state index contributed by atoms with van der Waals surface area (Å²) < 4.78 is 25.7. The Bertz CT molecular complexity index is 271. The van der Waals surface area contributed by atoms with Gasteiger partial charge in [-0.05, 0) is 13.0 Å². The number of nitrogens with zero attached hydrogens (tertiary/aromatic N) is 1. The number of halogens is 2. The number of allylic oxidation sites excluding steroid dienone is 3. The first kappa shape index (κ1) is 8.83. The van der Waals surface area contributed by atoms with E-state index >= 15 is 0 Å². The molecule has 0 fully saturated rings. The van der Waals surface area contributed by atoms with Crippen LogP contribution in [0.3, 0.4) is 0 Å². The highest BCUT2D eigenvalue weighted by Gasteiger charge is 2.36. The molecule has 2 atom stereocenters. The van der Waals surface area contributed by atoms with E-state index in [1.54, 1.807) is 0 Å². The third-order valence-corrected chi connectivity index (χ3v) is 1.62. The Hall–Kier alpha value is -1.26. The summed E-state index contributed by atoms with van der Waals surface area (Å²) in [5.41, 5.74) is -2.68. The molecule has 5 heteroatoms. The second-order valence-corrected chi connectivity index (χ2v) is 2.74. The van der Waals surface area contributed by atoms with Crippen molar-refractivity contribution in [3.05, 3.63) is 34.0 Å². The SMILES string of the molecule is CC1(F)C=C([N+](=O)[O-])C=CC1F. The lowest BCUT2D eigenvalue weighted by atomic mass is 9.96. The third-order valence-electron chi connectivity index (χ3n) is 1.62. The van der Waals surface area contributed by atoms with Gasteiger partial charge in [0.2, 0.25) is 0 Å². The highest BCUT2D eigenvalue weighted by atomic mass is 19.2. The zero-order valence-electron chi connectivity index (χ0n) is 6.33. The molecule has 0 aliphatic heterocycles. The number of hydrogen-bond acceptors (Lipinski definition) is 2. The summed E-state index contributed by atoms with van der Waals surface area (Å²) >= 11 is 0. The maximum Gasteiger partial charge on any atom is 0.268 e. The number of rotatable bonds is 1. The van der Waals surface area contributed by atoms with Gasteiger partial charge in [-0.3, -0.25) is 10.1 Å². The second kappa shape index (κ2) is 2.66. The minimum Gasteiger partial charge on any atom is -0.258 e. The van der Waals surface area contributed by atoms with Crippen molar-refractivity contribution in [2.45, 2.75) is 18.8 Å². The molecule has 0 spiro atoms. The number of alkyl halides is 2. The highest BCUT2D eigenvalue weighted by molar-refractivity contribution is 5.26. The number of hydrogen-bond donors (Lipinski definition) is 0. The Morgan fingerprint density at radius 3 is 2.75 bits per heavy atom. The van der Waals surface area contributed by atoms with Crippen LogP contribution in [0.2, 0.25) is 0 Å². The van der Waals surface area contributed by atoms with E-state index in [2.05, 4.69) is 0 Å². The fourth-order valence-electron chi connectivity index (χ4n) is 0.902. The first-order chi connectivity index (χ1) is 5.43. The summed E-state index contributed by atoms with van der Waals surface area (Å²) in [6.07, 6.45) is 0.683. The van der Waals surface area contributed by atoms with E-state index in [0.717, 1.165) is 19.1 Å². The van der Waals surface area contributed by atoms with Crippen LogP contribution in [0.5, 0.6) is 0 Å². The molecular weight excluding hydrogens is 168 g/mol. The zero-order chi connectivity index (χ0) is 9.35. The molecule has 0 radical (unpaired) electrons. The molecule has 2 unspecified atom stereocenters. The average molecular weight is 175 g/mol. The first-order valence-electron chi connectivity index (χ1n) is 3.32. The highest BCUT2D eigenvalue weighted by Crippen LogP contribution is 2.27. The van der Waals surface area contributed by atoms with Gasteiger partial charge in [0.1, 0.15) is 0 Å². The van der Waals surface area contributed by atoms with Gasteiger partial charge in [-0.25, -0.2) is 8.78 Å². The van der Waals surface area contributed by atoms with Crippen LogP contribution < -0.4 is 0 Å². The average Bonchev–Trinajstić information content (AvgIpc) is 1.94. The van der Waals surface area contributed by atoms with Gasteiger partial charge in [0.15, 0.2) is 11.8 Å². The molecule has 0 heterocycles. The van der Waals surface area contributed by atoms with Crippen molar-refractivity contribution in [3.63, 3.8) is 0 Å². The molecule has 1 rings (SSSR count). The molecule has 3 nitrogen and oxygen atoms in total. The predicted octanol–water partition coefficient (Wildman–Crippen LogP) is 1.78. The van der Waals surface area contributed by atoms with Crippen LogP contribution in [0.1, 0.15) is 6.92 Å². The van der Waals surface area contributed by atoms with Gasteiger partial charge in [-0.15, -0.1) is 0 Å². The van der Waals surface area contributed by atoms with E-state index in [1.807, 2.05) is 0 Å². The van der Waals surface area contributed by atoms with Gasteiger partial charge >= 0.3 is 0 Å². The van der Waals surface area contributed by atoms with Crippen molar-refractivity contribution in [1.29, 1.82) is 0 Å². The molecule has 0 aromatic rings. The van der Waals surface area contributed by atoms with E-state index in [0.29, 0.717) is 6.08 Å². The molecular formula is C7H7F2NO2. The number of nitro groups is 1. The largest absolute Gasteiger partial charge is 0.268 e. The Labute approximate surface area is 67.5 Å². The first-order valence-corrected chi connectivity index (χ1v) is 3.32. The lowest BCUT2D eigenvalue weighted by Gasteiger charge is -2.19. The van der Waals surface area contributed by atoms with Gasteiger partial charge in [-0.2, -0.15) is 0 Å². The fraction of sp³-hybridized carbons (Fsp3) is 0.429. The van der Waals surface area contributed by atoms with Crippen LogP contribution in [0.15, 0.2) is 23.9 Å². The molecule has 66 valence electrons. The van der Waals surface area contributed by atoms with Crippen LogP contribution in [0, 0.1) is 10.1 Å². The second-order valence-electron chi connectivity index (χ2n) is 2.74. The molecule has 0 saturated heterocycles. The van der Waals surface area contributed by atoms with Gasteiger partial charge in [0.05, 0.1) is 4.92 Å². The molecule has 1 aliphatic carbocycles. The van der Waals surface area contributed by atoms with Crippen LogP contribution in [-0.4, -0.2) is 16.8 Å². The van der Waals surface area contributed by atoms with E-state index in [9.17, 15) is 18.9 Å². The van der Waals surface area contributed by atoms with Crippen LogP contribution in [0.4, 0.5) is 8.78 Å². The zero-order valence-corrected chi connectivity index (χ0v) is 6.33. The summed E-state index contributed by atoms with van der Waals surface area (Å²) in [5.74, 6) is 0. The molecule has 1 aliphatic rings. The van der Waals surface area contributed by atoms with E-state index in [4.69, 9.17) is 0 Å². The summed E-state index contributed by atoms with van der Waals surface area (Å²) in [5, 5.41) is 10.1. The standard InChI is InChI=1S/C7H7F2NO2/c1-7(9)4-5(10(11)12)2-3-6(7)8/h2-4,6H,1H3. The Morgan fingerprint density at radius 1 is 1.75 bits per heavy atom. The lowest BCUT2D eigenvalue weighted by molar-refractivity contribution is -0.420. The van der Waals surface area contributed by atoms with Crippen LogP contribution >= 0.6 is 0 Å². The summed E-state index contributed by atoms with van der Waals surface area (Å²) in [6.45, 7) is 0.963. The van der Waals surface area contributed by atoms with Gasteiger partial charge in [0, 0.05) is 12.2 Å². The van der Waals surface area contributed by atoms with E-state index < -0.39 is 22.5 Å². The fourth-order valence-corrected chi connectivity index (χ4v) is 0.902. The molecule has 0 N–H and O–H groups in total. The maximum atomic E-state index is 13.1. The smallest absolute Gasteiger partial charge is 0.258 e. The summed E-state index contributed by atoms with van der Waals surface area (Å²) in [6, 6.07) is 0. The van der Waals surface area contributed by atoms with Gasteiger partial charge in [0.25, 0.3) is 5.70 Å². The van der Waals surface area contributed by atoms with Crippen LogP contribution in [0.25, 0.3) is 0 Å². The van der Waals surface area contributed by atoms with Gasteiger partial charge < -0.3 is 0 Å². The van der Waals surface area contributed by atoms with Crippen molar-refractivity contribution in [2.75, 3.05) is 0 Å². The lowest BCUT2D eigenvalue weighted by Crippen LogP contribution is -2.30. The van der Waals surface area contributed by atoms with Crippen molar-refractivity contribution >= 4 is 0 Å². The minimum atomic E-state index is -2.27. The van der Waals surface area contributed by atoms with Gasteiger partial charge in [-0.1, -0.05) is 0 Å². The van der Waals surface area contributed by atoms with E-state index in [1.165, 1.54) is 0 Å². The van der Waals surface area contributed by atoms with E-state index in [-0.39, 0.29) is 0 Å². The van der Waals surface area contributed by atoms with Crippen molar-refractivity contribution in [2.24, 2.45) is 0 Å². The molecule has 0 aromatic heterocycles. The third kappa shape index (κ3) is 1.49. The predicted molar refractivity (Wildman–Crippen MR) is 38.6 cm³/mol. The van der Waals surface area contributed by atoms with Crippen molar-refractivity contribution in [1.82, 2.24) is 0 Å². The van der Waals surface area contributed by atoms with Crippen molar-refractivity contribution in [3.8, 4) is 0 Å². The Morgan fingerprint density at radius 2 is 2.33 bits per heavy atom. The Kier molecular flexibility index (Phi) is 1.95. The molecule has 0 amide bonds. The summed E-state index contributed by atoms with van der Waals surface area (Å²) in [4.78, 5) is 9.40. The van der Waals surface area contributed by atoms with Crippen molar-refractivity contribution < 1.29 is 13.7 Å².